The van der Waals surface area contributed by atoms with E-state index < -0.39 is 11.9 Å². The van der Waals surface area contributed by atoms with Crippen molar-refractivity contribution < 1.29 is 9.59 Å². The van der Waals surface area contributed by atoms with Gasteiger partial charge in [-0.3, -0.25) is 15.0 Å². The maximum absolute atomic E-state index is 11.3. The molecule has 0 aliphatic heterocycles. The standard InChI is InChI=1S/C13H17Cl2N3O2/c1-8(10-4-3-9(14)7-11(10)15)18(2)6-5-12(19)17-13(16)20/h3-4,7-8H,5-6H2,1-2H3,(H3,16,17,19,20). The molecule has 0 saturated heterocycles. The van der Waals surface area contributed by atoms with E-state index in [0.717, 1.165) is 5.56 Å². The molecule has 1 rings (SSSR count). The normalized spacial score (nSPS) is 12.2. The van der Waals surface area contributed by atoms with Crippen LogP contribution in [0.2, 0.25) is 10.0 Å². The summed E-state index contributed by atoms with van der Waals surface area (Å²) in [4.78, 5) is 23.8. The van der Waals surface area contributed by atoms with Crippen LogP contribution >= 0.6 is 23.2 Å². The molecule has 0 aliphatic rings. The topological polar surface area (TPSA) is 75.4 Å². The van der Waals surface area contributed by atoms with Gasteiger partial charge in [0.25, 0.3) is 0 Å². The Bertz CT molecular complexity index is 508. The second-order valence-electron chi connectivity index (χ2n) is 4.48. The highest BCUT2D eigenvalue weighted by Crippen LogP contribution is 2.28. The fourth-order valence-corrected chi connectivity index (χ4v) is 2.32. The number of imide groups is 1. The molecule has 0 spiro atoms. The van der Waals surface area contributed by atoms with Crippen LogP contribution in [0.5, 0.6) is 0 Å². The predicted molar refractivity (Wildman–Crippen MR) is 79.9 cm³/mol. The first-order chi connectivity index (χ1) is 9.31. The van der Waals surface area contributed by atoms with Crippen molar-refractivity contribution in [1.29, 1.82) is 0 Å². The van der Waals surface area contributed by atoms with Gasteiger partial charge in [-0.25, -0.2) is 4.79 Å². The molecule has 0 heterocycles. The fourth-order valence-electron chi connectivity index (χ4n) is 1.75. The molecule has 3 N–H and O–H groups in total. The van der Waals surface area contributed by atoms with E-state index in [1.54, 1.807) is 12.1 Å². The lowest BCUT2D eigenvalue weighted by Gasteiger charge is -2.25. The minimum absolute atomic E-state index is 0.0149. The van der Waals surface area contributed by atoms with E-state index in [4.69, 9.17) is 28.9 Å². The minimum atomic E-state index is -0.841. The lowest BCUT2D eigenvalue weighted by molar-refractivity contribution is -0.120. The van der Waals surface area contributed by atoms with Crippen molar-refractivity contribution in [3.63, 3.8) is 0 Å². The average molecular weight is 318 g/mol. The molecule has 110 valence electrons. The van der Waals surface area contributed by atoms with Crippen LogP contribution in [0.25, 0.3) is 0 Å². The molecule has 0 saturated carbocycles. The first kappa shape index (κ1) is 16.8. The van der Waals surface area contributed by atoms with Crippen LogP contribution in [0.3, 0.4) is 0 Å². The summed E-state index contributed by atoms with van der Waals surface area (Å²) in [5.74, 6) is -0.404. The van der Waals surface area contributed by atoms with E-state index in [1.165, 1.54) is 0 Å². The second-order valence-corrected chi connectivity index (χ2v) is 5.33. The summed E-state index contributed by atoms with van der Waals surface area (Å²) in [6.45, 7) is 2.44. The number of hydrogen-bond acceptors (Lipinski definition) is 3. The number of halogens is 2. The maximum atomic E-state index is 11.3. The molecule has 0 aromatic heterocycles. The van der Waals surface area contributed by atoms with E-state index in [-0.39, 0.29) is 12.5 Å². The van der Waals surface area contributed by atoms with Crippen LogP contribution in [0.4, 0.5) is 4.79 Å². The Morgan fingerprint density at radius 3 is 2.60 bits per heavy atom. The third-order valence-corrected chi connectivity index (χ3v) is 3.59. The fraction of sp³-hybridized carbons (Fsp3) is 0.385. The van der Waals surface area contributed by atoms with Crippen molar-refractivity contribution in [3.8, 4) is 0 Å². The smallest absolute Gasteiger partial charge is 0.318 e. The highest BCUT2D eigenvalue weighted by Gasteiger charge is 2.16. The number of nitrogens with one attached hydrogen (secondary N) is 1. The number of carbonyl (C=O) groups is 2. The number of primary amides is 1. The van der Waals surface area contributed by atoms with Crippen LogP contribution in [0.1, 0.15) is 24.9 Å². The highest BCUT2D eigenvalue weighted by atomic mass is 35.5. The van der Waals surface area contributed by atoms with Crippen LogP contribution in [0, 0.1) is 0 Å². The van der Waals surface area contributed by atoms with Crippen molar-refractivity contribution in [2.45, 2.75) is 19.4 Å². The van der Waals surface area contributed by atoms with Gasteiger partial charge in [-0.1, -0.05) is 29.3 Å². The lowest BCUT2D eigenvalue weighted by Crippen LogP contribution is -2.37. The Hall–Kier alpha value is -1.30. The number of nitrogens with zero attached hydrogens (tertiary/aromatic N) is 1. The molecule has 20 heavy (non-hydrogen) atoms. The van der Waals surface area contributed by atoms with Gasteiger partial charge >= 0.3 is 6.03 Å². The largest absolute Gasteiger partial charge is 0.351 e. The molecule has 1 aromatic carbocycles. The summed E-state index contributed by atoms with van der Waals surface area (Å²) in [5, 5.41) is 3.19. The molecule has 1 unspecified atom stereocenters. The van der Waals surface area contributed by atoms with Gasteiger partial charge in [-0.05, 0) is 31.7 Å². The zero-order valence-corrected chi connectivity index (χ0v) is 12.8. The van der Waals surface area contributed by atoms with E-state index in [9.17, 15) is 9.59 Å². The van der Waals surface area contributed by atoms with Crippen molar-refractivity contribution in [2.75, 3.05) is 13.6 Å². The highest BCUT2D eigenvalue weighted by molar-refractivity contribution is 6.35. The first-order valence-electron chi connectivity index (χ1n) is 6.05. The van der Waals surface area contributed by atoms with E-state index in [2.05, 4.69) is 0 Å². The molecule has 5 nitrogen and oxygen atoms in total. The first-order valence-corrected chi connectivity index (χ1v) is 6.81. The maximum Gasteiger partial charge on any atom is 0.318 e. The van der Waals surface area contributed by atoms with Gasteiger partial charge in [0.1, 0.15) is 0 Å². The molecule has 1 atom stereocenters. The SMILES string of the molecule is CC(c1ccc(Cl)cc1Cl)N(C)CCC(=O)NC(N)=O. The number of hydrogen-bond donors (Lipinski definition) is 2. The van der Waals surface area contributed by atoms with E-state index >= 15 is 0 Å². The summed E-state index contributed by atoms with van der Waals surface area (Å²) in [7, 11) is 1.87. The van der Waals surface area contributed by atoms with E-state index in [1.807, 2.05) is 30.3 Å². The Balaban J connectivity index is 2.60. The van der Waals surface area contributed by atoms with Gasteiger partial charge in [-0.2, -0.15) is 0 Å². The van der Waals surface area contributed by atoms with E-state index in [0.29, 0.717) is 16.6 Å². The van der Waals surface area contributed by atoms with Crippen LogP contribution in [-0.4, -0.2) is 30.4 Å². The van der Waals surface area contributed by atoms with Gasteiger partial charge in [-0.15, -0.1) is 0 Å². The van der Waals surface area contributed by atoms with Crippen molar-refractivity contribution in [2.24, 2.45) is 5.73 Å². The molecular weight excluding hydrogens is 301 g/mol. The number of benzene rings is 1. The molecule has 0 bridgehead atoms. The lowest BCUT2D eigenvalue weighted by atomic mass is 10.1. The van der Waals surface area contributed by atoms with Crippen LogP contribution in [0.15, 0.2) is 18.2 Å². The van der Waals surface area contributed by atoms with Gasteiger partial charge in [0.05, 0.1) is 0 Å². The third-order valence-electron chi connectivity index (χ3n) is 3.03. The number of urea groups is 1. The monoisotopic (exact) mass is 317 g/mol. The van der Waals surface area contributed by atoms with Gasteiger partial charge in [0.15, 0.2) is 0 Å². The summed E-state index contributed by atoms with van der Waals surface area (Å²) < 4.78 is 0. The molecule has 0 aliphatic carbocycles. The molecular formula is C13H17Cl2N3O2. The molecule has 0 radical (unpaired) electrons. The van der Waals surface area contributed by atoms with Crippen LogP contribution in [-0.2, 0) is 4.79 Å². The van der Waals surface area contributed by atoms with Gasteiger partial charge in [0, 0.05) is 29.1 Å². The van der Waals surface area contributed by atoms with Gasteiger partial charge < -0.3 is 5.73 Å². The Labute approximate surface area is 128 Å². The van der Waals surface area contributed by atoms with Crippen LogP contribution < -0.4 is 11.1 Å². The summed E-state index contributed by atoms with van der Waals surface area (Å²) in [6, 6.07) is 4.48. The predicted octanol–water partition coefficient (Wildman–Crippen LogP) is 2.57. The third kappa shape index (κ3) is 5.00. The Morgan fingerprint density at radius 1 is 1.40 bits per heavy atom. The minimum Gasteiger partial charge on any atom is -0.351 e. The van der Waals surface area contributed by atoms with Crippen molar-refractivity contribution in [3.05, 3.63) is 33.8 Å². The second kappa shape index (κ2) is 7.47. The number of carbonyl (C=O) groups excluding carboxylic acids is 2. The van der Waals surface area contributed by atoms with Crippen molar-refractivity contribution >= 4 is 35.1 Å². The number of nitrogens with two attached hydrogens (primary N) is 1. The zero-order chi connectivity index (χ0) is 15.3. The van der Waals surface area contributed by atoms with Crippen molar-refractivity contribution in [1.82, 2.24) is 10.2 Å². The van der Waals surface area contributed by atoms with Gasteiger partial charge in [0.2, 0.25) is 5.91 Å². The Kier molecular flexibility index (Phi) is 6.26. The average Bonchev–Trinajstić information content (AvgIpc) is 2.34. The Morgan fingerprint density at radius 2 is 2.05 bits per heavy atom. The molecule has 1 aromatic rings. The quantitative estimate of drug-likeness (QED) is 0.876. The summed E-state index contributed by atoms with van der Waals surface area (Å²) in [5.41, 5.74) is 5.80. The summed E-state index contributed by atoms with van der Waals surface area (Å²) >= 11 is 12.0. The summed E-state index contributed by atoms with van der Waals surface area (Å²) in [6.07, 6.45) is 0.176. The zero-order valence-electron chi connectivity index (χ0n) is 11.3. The number of amides is 3. The molecule has 0 fully saturated rings. The number of rotatable bonds is 5. The molecule has 7 heteroatoms. The molecule has 3 amide bonds.